The Morgan fingerprint density at radius 3 is 2.95 bits per heavy atom. The molecule has 1 fully saturated rings. The van der Waals surface area contributed by atoms with Gasteiger partial charge in [0.05, 0.1) is 12.1 Å². The molecule has 1 atom stereocenters. The number of para-hydroxylation sites is 1. The van der Waals surface area contributed by atoms with Gasteiger partial charge < -0.3 is 10.0 Å². The topological polar surface area (TPSA) is 36.4 Å². The van der Waals surface area contributed by atoms with Crippen LogP contribution >= 0.6 is 0 Å². The number of hydrogen-bond donors (Lipinski definition) is 1. The van der Waals surface area contributed by atoms with Gasteiger partial charge in [-0.15, -0.1) is 0 Å². The van der Waals surface area contributed by atoms with Gasteiger partial charge in [-0.3, -0.25) is 0 Å². The average Bonchev–Trinajstić information content (AvgIpc) is 2.95. The number of nitrogens with zero attached hydrogens (tertiary/aromatic N) is 2. The summed E-state index contributed by atoms with van der Waals surface area (Å²) >= 11 is 0. The molecule has 0 aliphatic carbocycles. The van der Waals surface area contributed by atoms with Gasteiger partial charge in [-0.25, -0.2) is 4.98 Å². The Balaban J connectivity index is 2.00. The van der Waals surface area contributed by atoms with Gasteiger partial charge in [-0.2, -0.15) is 0 Å². The highest BCUT2D eigenvalue weighted by atomic mass is 16.3. The van der Waals surface area contributed by atoms with Crippen LogP contribution in [0, 0.1) is 5.92 Å². The van der Waals surface area contributed by atoms with Gasteiger partial charge in [0, 0.05) is 18.5 Å². The van der Waals surface area contributed by atoms with Crippen molar-refractivity contribution in [1.29, 1.82) is 0 Å². The quantitative estimate of drug-likeness (QED) is 0.917. The third kappa shape index (κ3) is 2.30. The first-order valence-electron chi connectivity index (χ1n) is 7.06. The summed E-state index contributed by atoms with van der Waals surface area (Å²) in [4.78, 5) is 7.10. The van der Waals surface area contributed by atoms with E-state index in [2.05, 4.69) is 11.8 Å². The lowest BCUT2D eigenvalue weighted by Gasteiger charge is -2.19. The molecule has 0 amide bonds. The van der Waals surface area contributed by atoms with Gasteiger partial charge in [0.15, 0.2) is 0 Å². The number of fused-ring (bicyclic) bond motifs is 1. The third-order valence-corrected chi connectivity index (χ3v) is 4.15. The zero-order valence-corrected chi connectivity index (χ0v) is 11.3. The van der Waals surface area contributed by atoms with E-state index in [0.717, 1.165) is 41.3 Å². The van der Waals surface area contributed by atoms with Gasteiger partial charge in [0.25, 0.3) is 0 Å². The van der Waals surface area contributed by atoms with Crippen molar-refractivity contribution in [3.05, 3.63) is 35.9 Å². The van der Waals surface area contributed by atoms with Crippen LogP contribution in [0.5, 0.6) is 0 Å². The van der Waals surface area contributed by atoms with Crippen LogP contribution in [-0.4, -0.2) is 23.2 Å². The monoisotopic (exact) mass is 256 g/mol. The number of aromatic nitrogens is 1. The average molecular weight is 256 g/mol. The van der Waals surface area contributed by atoms with Crippen molar-refractivity contribution in [3.63, 3.8) is 0 Å². The van der Waals surface area contributed by atoms with Crippen molar-refractivity contribution in [2.45, 2.75) is 26.4 Å². The van der Waals surface area contributed by atoms with E-state index < -0.39 is 0 Å². The Hall–Kier alpha value is -1.61. The molecule has 2 aromatic rings. The van der Waals surface area contributed by atoms with E-state index in [1.165, 1.54) is 12.8 Å². The number of aliphatic hydroxyl groups is 1. The van der Waals surface area contributed by atoms with Crippen LogP contribution in [-0.2, 0) is 6.61 Å². The number of pyridine rings is 1. The fourth-order valence-electron chi connectivity index (χ4n) is 2.90. The predicted octanol–water partition coefficient (Wildman–Crippen LogP) is 2.96. The number of rotatable bonds is 3. The molecule has 1 unspecified atom stereocenters. The molecule has 0 saturated carbocycles. The van der Waals surface area contributed by atoms with Crippen LogP contribution in [0.25, 0.3) is 10.9 Å². The minimum absolute atomic E-state index is 0.0705. The molecule has 3 nitrogen and oxygen atoms in total. The van der Waals surface area contributed by atoms with Gasteiger partial charge in [0.1, 0.15) is 5.82 Å². The van der Waals surface area contributed by atoms with Gasteiger partial charge in [-0.1, -0.05) is 31.5 Å². The molecular formula is C16H20N2O. The molecule has 1 saturated heterocycles. The van der Waals surface area contributed by atoms with Crippen molar-refractivity contribution in [3.8, 4) is 0 Å². The number of anilines is 1. The highest BCUT2D eigenvalue weighted by molar-refractivity contribution is 5.84. The minimum Gasteiger partial charge on any atom is -0.392 e. The van der Waals surface area contributed by atoms with Crippen molar-refractivity contribution in [2.75, 3.05) is 18.0 Å². The lowest BCUT2D eigenvalue weighted by Crippen LogP contribution is -2.21. The molecule has 0 spiro atoms. The Bertz CT molecular complexity index is 582. The van der Waals surface area contributed by atoms with Crippen molar-refractivity contribution >= 4 is 16.7 Å². The van der Waals surface area contributed by atoms with Crippen LogP contribution in [0.3, 0.4) is 0 Å². The van der Waals surface area contributed by atoms with E-state index in [0.29, 0.717) is 0 Å². The van der Waals surface area contributed by atoms with Crippen molar-refractivity contribution in [2.24, 2.45) is 5.92 Å². The zero-order chi connectivity index (χ0) is 13.2. The zero-order valence-electron chi connectivity index (χ0n) is 11.3. The van der Waals surface area contributed by atoms with Crippen LogP contribution in [0.2, 0.25) is 0 Å². The molecule has 19 heavy (non-hydrogen) atoms. The molecular weight excluding hydrogens is 236 g/mol. The van der Waals surface area contributed by atoms with E-state index >= 15 is 0 Å². The molecule has 1 aliphatic rings. The lowest BCUT2D eigenvalue weighted by atomic mass is 10.1. The number of aliphatic hydroxyl groups excluding tert-OH is 1. The van der Waals surface area contributed by atoms with E-state index in [1.807, 2.05) is 30.3 Å². The lowest BCUT2D eigenvalue weighted by molar-refractivity contribution is 0.283. The van der Waals surface area contributed by atoms with Crippen LogP contribution < -0.4 is 4.90 Å². The maximum Gasteiger partial charge on any atom is 0.129 e. The van der Waals surface area contributed by atoms with Crippen molar-refractivity contribution in [1.82, 2.24) is 4.98 Å². The molecule has 3 rings (SSSR count). The van der Waals surface area contributed by atoms with Gasteiger partial charge in [-0.05, 0) is 30.0 Å². The Morgan fingerprint density at radius 2 is 2.21 bits per heavy atom. The Morgan fingerprint density at radius 1 is 1.37 bits per heavy atom. The maximum atomic E-state index is 9.55. The molecule has 1 aromatic carbocycles. The van der Waals surface area contributed by atoms with Gasteiger partial charge in [0.2, 0.25) is 0 Å². The summed E-state index contributed by atoms with van der Waals surface area (Å²) in [5, 5.41) is 10.6. The molecule has 0 radical (unpaired) electrons. The molecule has 1 N–H and O–H groups in total. The summed E-state index contributed by atoms with van der Waals surface area (Å²) in [6.45, 7) is 4.49. The second-order valence-electron chi connectivity index (χ2n) is 5.32. The fraction of sp³-hybridized carbons (Fsp3) is 0.438. The van der Waals surface area contributed by atoms with E-state index in [1.54, 1.807) is 0 Å². The Kier molecular flexibility index (Phi) is 3.38. The van der Waals surface area contributed by atoms with Crippen molar-refractivity contribution < 1.29 is 5.11 Å². The summed E-state index contributed by atoms with van der Waals surface area (Å²) in [5.74, 6) is 1.80. The second-order valence-corrected chi connectivity index (χ2v) is 5.32. The van der Waals surface area contributed by atoms with E-state index in [9.17, 15) is 5.11 Å². The minimum atomic E-state index is 0.0705. The van der Waals surface area contributed by atoms with Crippen LogP contribution in [0.4, 0.5) is 5.82 Å². The summed E-state index contributed by atoms with van der Waals surface area (Å²) in [7, 11) is 0. The third-order valence-electron chi connectivity index (χ3n) is 4.15. The number of hydrogen-bond acceptors (Lipinski definition) is 3. The summed E-state index contributed by atoms with van der Waals surface area (Å²) in [5.41, 5.74) is 1.95. The maximum absolute atomic E-state index is 9.55. The summed E-state index contributed by atoms with van der Waals surface area (Å²) in [6, 6.07) is 10.1. The summed E-state index contributed by atoms with van der Waals surface area (Å²) in [6.07, 6.45) is 2.48. The second kappa shape index (κ2) is 5.17. The first-order valence-corrected chi connectivity index (χ1v) is 7.06. The molecule has 1 aliphatic heterocycles. The van der Waals surface area contributed by atoms with E-state index in [4.69, 9.17) is 4.98 Å². The van der Waals surface area contributed by atoms with E-state index in [-0.39, 0.29) is 6.61 Å². The first-order chi connectivity index (χ1) is 9.31. The summed E-state index contributed by atoms with van der Waals surface area (Å²) < 4.78 is 0. The largest absolute Gasteiger partial charge is 0.392 e. The predicted molar refractivity (Wildman–Crippen MR) is 78.3 cm³/mol. The highest BCUT2D eigenvalue weighted by Crippen LogP contribution is 2.28. The molecule has 100 valence electrons. The SMILES string of the molecule is CCC1CCN(c2cc(CO)c3ccccc3n2)C1. The smallest absolute Gasteiger partial charge is 0.129 e. The molecule has 3 heteroatoms. The molecule has 1 aromatic heterocycles. The highest BCUT2D eigenvalue weighted by Gasteiger charge is 2.22. The molecule has 0 bridgehead atoms. The van der Waals surface area contributed by atoms with Gasteiger partial charge >= 0.3 is 0 Å². The first kappa shape index (κ1) is 12.4. The van der Waals surface area contributed by atoms with Crippen LogP contribution in [0.1, 0.15) is 25.3 Å². The van der Waals surface area contributed by atoms with Crippen LogP contribution in [0.15, 0.2) is 30.3 Å². The normalized spacial score (nSPS) is 19.3. The fourth-order valence-corrected chi connectivity index (χ4v) is 2.90. The standard InChI is InChI=1S/C16H20N2O/c1-2-12-7-8-18(10-12)16-9-13(11-19)14-5-3-4-6-15(14)17-16/h3-6,9,12,19H,2,7-8,10-11H2,1H3. The Labute approximate surface area is 113 Å². The molecule has 2 heterocycles. The number of benzene rings is 1.